The van der Waals surface area contributed by atoms with Crippen molar-refractivity contribution in [3.05, 3.63) is 0 Å². The van der Waals surface area contributed by atoms with Crippen LogP contribution in [0.3, 0.4) is 0 Å². The van der Waals surface area contributed by atoms with Gasteiger partial charge < -0.3 is 14.8 Å². The first-order valence-corrected chi connectivity index (χ1v) is 4.69. The van der Waals surface area contributed by atoms with Crippen LogP contribution in [0.25, 0.3) is 0 Å². The van der Waals surface area contributed by atoms with Crippen LogP contribution in [0.4, 0.5) is 0 Å². The maximum Gasteiger partial charge on any atom is 0.0477 e. The third-order valence-corrected chi connectivity index (χ3v) is 1.55. The van der Waals surface area contributed by atoms with E-state index in [1.54, 1.807) is 7.11 Å². The van der Waals surface area contributed by atoms with E-state index in [1.165, 1.54) is 0 Å². The summed E-state index contributed by atoms with van der Waals surface area (Å²) in [5.41, 5.74) is 0. The molecule has 0 aliphatic rings. The van der Waals surface area contributed by atoms with Gasteiger partial charge in [-0.1, -0.05) is 0 Å². The minimum Gasteiger partial charge on any atom is -0.385 e. The monoisotopic (exact) mass is 175 g/mol. The lowest BCUT2D eigenvalue weighted by Gasteiger charge is -2.03. The molecule has 3 heteroatoms. The number of hydrogen-bond acceptors (Lipinski definition) is 3. The van der Waals surface area contributed by atoms with Gasteiger partial charge in [-0.15, -0.1) is 0 Å². The molecule has 0 saturated heterocycles. The summed E-state index contributed by atoms with van der Waals surface area (Å²) in [5, 5.41) is 3.32. The average molecular weight is 175 g/mol. The zero-order valence-electron chi connectivity index (χ0n) is 8.27. The normalized spacial score (nSPS) is 10.5. The Morgan fingerprint density at radius 3 is 2.33 bits per heavy atom. The standard InChI is InChI=1S/C9H21NO2/c1-3-12-9-5-7-10-6-4-8-11-2/h10H,3-9H2,1-2H3. The molecular weight excluding hydrogens is 154 g/mol. The third kappa shape index (κ3) is 9.88. The van der Waals surface area contributed by atoms with Gasteiger partial charge in [0.1, 0.15) is 0 Å². The third-order valence-electron chi connectivity index (χ3n) is 1.55. The molecule has 3 nitrogen and oxygen atoms in total. The van der Waals surface area contributed by atoms with Crippen molar-refractivity contribution in [1.29, 1.82) is 0 Å². The fourth-order valence-electron chi connectivity index (χ4n) is 0.910. The highest BCUT2D eigenvalue weighted by Crippen LogP contribution is 1.81. The molecule has 0 atom stereocenters. The van der Waals surface area contributed by atoms with Gasteiger partial charge in [0.15, 0.2) is 0 Å². The minimum absolute atomic E-state index is 0.823. The molecule has 0 unspecified atom stereocenters. The quantitative estimate of drug-likeness (QED) is 0.531. The second kappa shape index (κ2) is 10.9. The van der Waals surface area contributed by atoms with E-state index in [0.29, 0.717) is 0 Å². The summed E-state index contributed by atoms with van der Waals surface area (Å²) in [5.74, 6) is 0. The predicted octanol–water partition coefficient (Wildman–Crippen LogP) is 1.04. The second-order valence-electron chi connectivity index (χ2n) is 2.65. The van der Waals surface area contributed by atoms with Gasteiger partial charge in [0.2, 0.25) is 0 Å². The lowest BCUT2D eigenvalue weighted by molar-refractivity contribution is 0.144. The van der Waals surface area contributed by atoms with Crippen LogP contribution < -0.4 is 5.32 Å². The molecule has 0 heterocycles. The van der Waals surface area contributed by atoms with E-state index in [4.69, 9.17) is 9.47 Å². The predicted molar refractivity (Wildman–Crippen MR) is 50.5 cm³/mol. The van der Waals surface area contributed by atoms with Gasteiger partial charge in [-0.3, -0.25) is 0 Å². The van der Waals surface area contributed by atoms with Gasteiger partial charge >= 0.3 is 0 Å². The van der Waals surface area contributed by atoms with Crippen molar-refractivity contribution < 1.29 is 9.47 Å². The Hall–Kier alpha value is -0.120. The SMILES string of the molecule is CCOCCCNCCCOC. The molecule has 0 spiro atoms. The Kier molecular flexibility index (Phi) is 10.8. The van der Waals surface area contributed by atoms with Crippen LogP contribution in [0.5, 0.6) is 0 Å². The highest BCUT2D eigenvalue weighted by molar-refractivity contribution is 4.46. The molecule has 0 bridgehead atoms. The van der Waals surface area contributed by atoms with Gasteiger partial charge in [-0.25, -0.2) is 0 Å². The van der Waals surface area contributed by atoms with E-state index >= 15 is 0 Å². The zero-order valence-corrected chi connectivity index (χ0v) is 8.27. The molecule has 0 aliphatic carbocycles. The van der Waals surface area contributed by atoms with E-state index in [0.717, 1.165) is 45.8 Å². The van der Waals surface area contributed by atoms with E-state index in [9.17, 15) is 0 Å². The van der Waals surface area contributed by atoms with E-state index in [-0.39, 0.29) is 0 Å². The first-order valence-electron chi connectivity index (χ1n) is 4.69. The first kappa shape index (κ1) is 11.9. The van der Waals surface area contributed by atoms with Crippen LogP contribution in [0.2, 0.25) is 0 Å². The molecule has 74 valence electrons. The average Bonchev–Trinajstić information content (AvgIpc) is 2.10. The number of rotatable bonds is 9. The van der Waals surface area contributed by atoms with Gasteiger partial charge in [-0.05, 0) is 32.9 Å². The van der Waals surface area contributed by atoms with Crippen LogP contribution in [0, 0.1) is 0 Å². The van der Waals surface area contributed by atoms with Crippen molar-refractivity contribution in [2.45, 2.75) is 19.8 Å². The summed E-state index contributed by atoms with van der Waals surface area (Å²) >= 11 is 0. The number of nitrogens with one attached hydrogen (secondary N) is 1. The van der Waals surface area contributed by atoms with Crippen LogP contribution in [-0.4, -0.2) is 40.0 Å². The molecular formula is C9H21NO2. The Morgan fingerprint density at radius 2 is 1.75 bits per heavy atom. The lowest BCUT2D eigenvalue weighted by Crippen LogP contribution is -2.19. The lowest BCUT2D eigenvalue weighted by atomic mass is 10.4. The fraction of sp³-hybridized carbons (Fsp3) is 1.00. The van der Waals surface area contributed by atoms with Crippen molar-refractivity contribution in [2.75, 3.05) is 40.0 Å². The van der Waals surface area contributed by atoms with E-state index in [2.05, 4.69) is 5.32 Å². The molecule has 1 N–H and O–H groups in total. The van der Waals surface area contributed by atoms with Gasteiger partial charge in [0.05, 0.1) is 0 Å². The minimum atomic E-state index is 0.823. The molecule has 0 aromatic rings. The Bertz CT molecular complexity index is 68.9. The van der Waals surface area contributed by atoms with Crippen molar-refractivity contribution in [2.24, 2.45) is 0 Å². The fourth-order valence-corrected chi connectivity index (χ4v) is 0.910. The molecule has 0 fully saturated rings. The van der Waals surface area contributed by atoms with Crippen LogP contribution in [0.1, 0.15) is 19.8 Å². The highest BCUT2D eigenvalue weighted by Gasteiger charge is 1.88. The van der Waals surface area contributed by atoms with E-state index < -0.39 is 0 Å². The Labute approximate surface area is 75.4 Å². The number of methoxy groups -OCH3 is 1. The zero-order chi connectivity index (χ0) is 9.07. The van der Waals surface area contributed by atoms with Crippen molar-refractivity contribution in [3.8, 4) is 0 Å². The van der Waals surface area contributed by atoms with E-state index in [1.807, 2.05) is 6.92 Å². The van der Waals surface area contributed by atoms with Crippen molar-refractivity contribution in [3.63, 3.8) is 0 Å². The second-order valence-corrected chi connectivity index (χ2v) is 2.65. The molecule has 0 aromatic heterocycles. The Balaban J connectivity index is 2.73. The highest BCUT2D eigenvalue weighted by atomic mass is 16.5. The molecule has 0 aromatic carbocycles. The van der Waals surface area contributed by atoms with Gasteiger partial charge in [0, 0.05) is 26.9 Å². The maximum atomic E-state index is 5.20. The molecule has 0 rings (SSSR count). The smallest absolute Gasteiger partial charge is 0.0477 e. The summed E-state index contributed by atoms with van der Waals surface area (Å²) in [6.07, 6.45) is 2.19. The van der Waals surface area contributed by atoms with Crippen LogP contribution in [0.15, 0.2) is 0 Å². The van der Waals surface area contributed by atoms with Crippen molar-refractivity contribution >= 4 is 0 Å². The number of ether oxygens (including phenoxy) is 2. The summed E-state index contributed by atoms with van der Waals surface area (Å²) in [6.45, 7) is 6.64. The largest absolute Gasteiger partial charge is 0.385 e. The first-order chi connectivity index (χ1) is 5.91. The summed E-state index contributed by atoms with van der Waals surface area (Å²) < 4.78 is 10.1. The van der Waals surface area contributed by atoms with Gasteiger partial charge in [-0.2, -0.15) is 0 Å². The molecule has 12 heavy (non-hydrogen) atoms. The van der Waals surface area contributed by atoms with Crippen LogP contribution in [-0.2, 0) is 9.47 Å². The molecule has 0 aliphatic heterocycles. The molecule has 0 amide bonds. The van der Waals surface area contributed by atoms with Gasteiger partial charge in [0.25, 0.3) is 0 Å². The summed E-state index contributed by atoms with van der Waals surface area (Å²) in [7, 11) is 1.73. The maximum absolute atomic E-state index is 5.20. The topological polar surface area (TPSA) is 30.5 Å². The summed E-state index contributed by atoms with van der Waals surface area (Å²) in [6, 6.07) is 0. The molecule has 0 saturated carbocycles. The number of hydrogen-bond donors (Lipinski definition) is 1. The molecule has 0 radical (unpaired) electrons. The van der Waals surface area contributed by atoms with Crippen molar-refractivity contribution in [1.82, 2.24) is 5.32 Å². The Morgan fingerprint density at radius 1 is 1.08 bits per heavy atom. The van der Waals surface area contributed by atoms with Crippen LogP contribution >= 0.6 is 0 Å². The summed E-state index contributed by atoms with van der Waals surface area (Å²) in [4.78, 5) is 0.